The number of halogens is 1. The van der Waals surface area contributed by atoms with E-state index < -0.39 is 11.8 Å². The Labute approximate surface area is 99.0 Å². The van der Waals surface area contributed by atoms with E-state index in [9.17, 15) is 9.59 Å². The first kappa shape index (κ1) is 12.5. The molecule has 0 aromatic heterocycles. The number of benzene rings is 1. The topological polar surface area (TPSA) is 58.2 Å². The van der Waals surface area contributed by atoms with Crippen LogP contribution < -0.4 is 10.6 Å². The minimum absolute atomic E-state index is 0.289. The molecule has 0 aliphatic heterocycles. The van der Waals surface area contributed by atoms with Crippen molar-refractivity contribution in [3.8, 4) is 0 Å². The molecule has 0 unspecified atom stereocenters. The van der Waals surface area contributed by atoms with Crippen molar-refractivity contribution in [3.05, 3.63) is 35.9 Å². The van der Waals surface area contributed by atoms with Crippen LogP contribution in [0.1, 0.15) is 5.56 Å². The van der Waals surface area contributed by atoms with Crippen molar-refractivity contribution in [1.29, 1.82) is 0 Å². The summed E-state index contributed by atoms with van der Waals surface area (Å²) in [4.78, 5) is 22.4. The Bertz CT molecular complexity index is 354. The van der Waals surface area contributed by atoms with Gasteiger partial charge in [0.15, 0.2) is 0 Å². The van der Waals surface area contributed by atoms with Crippen LogP contribution in [0.25, 0.3) is 0 Å². The van der Waals surface area contributed by atoms with E-state index in [-0.39, 0.29) is 5.88 Å². The lowest BCUT2D eigenvalue weighted by Gasteiger charge is -2.05. The molecule has 0 spiro atoms. The summed E-state index contributed by atoms with van der Waals surface area (Å²) in [5, 5.41) is 4.90. The van der Waals surface area contributed by atoms with Crippen LogP contribution in [0.2, 0.25) is 0 Å². The fraction of sp³-hybridized carbons (Fsp3) is 0.273. The van der Waals surface area contributed by atoms with Gasteiger partial charge in [0.1, 0.15) is 0 Å². The second-order valence-electron chi connectivity index (χ2n) is 3.11. The van der Waals surface area contributed by atoms with Crippen molar-refractivity contribution in [2.45, 2.75) is 6.54 Å². The molecule has 0 aliphatic carbocycles. The summed E-state index contributed by atoms with van der Waals surface area (Å²) in [7, 11) is 0. The number of carbonyl (C=O) groups excluding carboxylic acids is 2. The number of amides is 2. The van der Waals surface area contributed by atoms with Gasteiger partial charge >= 0.3 is 11.8 Å². The van der Waals surface area contributed by atoms with Gasteiger partial charge < -0.3 is 10.6 Å². The predicted octanol–water partition coefficient (Wildman–Crippen LogP) is 0.658. The van der Waals surface area contributed by atoms with Crippen molar-refractivity contribution in [1.82, 2.24) is 10.6 Å². The van der Waals surface area contributed by atoms with Crippen LogP contribution in [-0.2, 0) is 16.1 Å². The van der Waals surface area contributed by atoms with E-state index in [0.717, 1.165) is 5.56 Å². The minimum Gasteiger partial charge on any atom is -0.347 e. The summed E-state index contributed by atoms with van der Waals surface area (Å²) < 4.78 is 0. The van der Waals surface area contributed by atoms with Gasteiger partial charge in [0, 0.05) is 19.0 Å². The van der Waals surface area contributed by atoms with E-state index in [1.807, 2.05) is 30.3 Å². The maximum Gasteiger partial charge on any atom is 0.309 e. The normalized spacial score (nSPS) is 9.56. The zero-order valence-corrected chi connectivity index (χ0v) is 9.46. The molecule has 0 bridgehead atoms. The summed E-state index contributed by atoms with van der Waals surface area (Å²) in [6, 6.07) is 9.37. The fourth-order valence-electron chi connectivity index (χ4n) is 1.10. The van der Waals surface area contributed by atoms with Gasteiger partial charge in [-0.05, 0) is 5.56 Å². The van der Waals surface area contributed by atoms with E-state index >= 15 is 0 Å². The highest BCUT2D eigenvalue weighted by atomic mass is 35.5. The lowest BCUT2D eigenvalue weighted by molar-refractivity contribution is -0.139. The molecule has 1 aromatic rings. The number of hydrogen-bond acceptors (Lipinski definition) is 2. The van der Waals surface area contributed by atoms with Gasteiger partial charge in [-0.1, -0.05) is 30.3 Å². The zero-order chi connectivity index (χ0) is 11.8. The van der Waals surface area contributed by atoms with Crippen molar-refractivity contribution in [2.24, 2.45) is 0 Å². The third-order valence-corrected chi connectivity index (χ3v) is 2.07. The van der Waals surface area contributed by atoms with Crippen LogP contribution in [0.4, 0.5) is 0 Å². The van der Waals surface area contributed by atoms with Crippen LogP contribution in [0, 0.1) is 0 Å². The molecule has 0 atom stereocenters. The molecule has 0 saturated heterocycles. The van der Waals surface area contributed by atoms with Crippen LogP contribution in [0.15, 0.2) is 30.3 Å². The highest BCUT2D eigenvalue weighted by Gasteiger charge is 2.11. The molecule has 16 heavy (non-hydrogen) atoms. The smallest absolute Gasteiger partial charge is 0.309 e. The first-order valence-corrected chi connectivity index (χ1v) is 5.43. The molecule has 5 heteroatoms. The quantitative estimate of drug-likeness (QED) is 0.600. The number of carbonyl (C=O) groups is 2. The van der Waals surface area contributed by atoms with Crippen molar-refractivity contribution in [3.63, 3.8) is 0 Å². The van der Waals surface area contributed by atoms with Crippen molar-refractivity contribution >= 4 is 23.4 Å². The average Bonchev–Trinajstić information content (AvgIpc) is 2.34. The minimum atomic E-state index is -0.656. The van der Waals surface area contributed by atoms with Gasteiger partial charge in [-0.3, -0.25) is 9.59 Å². The standard InChI is InChI=1S/C11H13ClN2O2/c12-6-7-13-10(15)11(16)14-8-9-4-2-1-3-5-9/h1-5H,6-8H2,(H,13,15)(H,14,16). The molecule has 0 saturated carbocycles. The highest BCUT2D eigenvalue weighted by molar-refractivity contribution is 6.35. The van der Waals surface area contributed by atoms with E-state index in [0.29, 0.717) is 13.1 Å². The monoisotopic (exact) mass is 240 g/mol. The van der Waals surface area contributed by atoms with E-state index in [1.54, 1.807) is 0 Å². The van der Waals surface area contributed by atoms with Gasteiger partial charge in [-0.25, -0.2) is 0 Å². The molecule has 2 N–H and O–H groups in total. The molecular weight excluding hydrogens is 228 g/mol. The number of hydrogen-bond donors (Lipinski definition) is 2. The molecule has 86 valence electrons. The third kappa shape index (κ3) is 4.31. The molecule has 0 fully saturated rings. The van der Waals surface area contributed by atoms with Gasteiger partial charge in [0.2, 0.25) is 0 Å². The largest absolute Gasteiger partial charge is 0.347 e. The Morgan fingerprint density at radius 3 is 2.31 bits per heavy atom. The Kier molecular flexibility index (Phi) is 5.36. The molecule has 4 nitrogen and oxygen atoms in total. The fourth-order valence-corrected chi connectivity index (χ4v) is 1.19. The van der Waals surface area contributed by atoms with E-state index in [2.05, 4.69) is 10.6 Å². The lowest BCUT2D eigenvalue weighted by atomic mass is 10.2. The van der Waals surface area contributed by atoms with Crippen LogP contribution in [-0.4, -0.2) is 24.2 Å². The molecule has 0 radical (unpaired) electrons. The van der Waals surface area contributed by atoms with Crippen molar-refractivity contribution in [2.75, 3.05) is 12.4 Å². The SMILES string of the molecule is O=C(NCCCl)C(=O)NCc1ccccc1. The second kappa shape index (κ2) is 6.85. The number of rotatable bonds is 4. The predicted molar refractivity (Wildman–Crippen MR) is 62.0 cm³/mol. The molecule has 1 rings (SSSR count). The summed E-state index contributed by atoms with van der Waals surface area (Å²) in [5.41, 5.74) is 0.945. The molecular formula is C11H13ClN2O2. The average molecular weight is 241 g/mol. The second-order valence-corrected chi connectivity index (χ2v) is 3.49. The highest BCUT2D eigenvalue weighted by Crippen LogP contribution is 1.96. The number of nitrogens with one attached hydrogen (secondary N) is 2. The van der Waals surface area contributed by atoms with E-state index in [4.69, 9.17) is 11.6 Å². The maximum atomic E-state index is 11.3. The molecule has 2 amide bonds. The summed E-state index contributed by atoms with van der Waals surface area (Å²) in [6.07, 6.45) is 0. The molecule has 1 aromatic carbocycles. The Hall–Kier alpha value is -1.55. The first-order chi connectivity index (χ1) is 7.74. The summed E-state index contributed by atoms with van der Waals surface area (Å²) in [5.74, 6) is -1.01. The molecule has 0 heterocycles. The van der Waals surface area contributed by atoms with Gasteiger partial charge in [-0.15, -0.1) is 11.6 Å². The first-order valence-electron chi connectivity index (χ1n) is 4.90. The van der Waals surface area contributed by atoms with Gasteiger partial charge in [-0.2, -0.15) is 0 Å². The number of alkyl halides is 1. The molecule has 0 aliphatic rings. The van der Waals surface area contributed by atoms with E-state index in [1.165, 1.54) is 0 Å². The Morgan fingerprint density at radius 1 is 1.06 bits per heavy atom. The van der Waals surface area contributed by atoms with Crippen LogP contribution >= 0.6 is 11.6 Å². The zero-order valence-electron chi connectivity index (χ0n) is 8.70. The maximum absolute atomic E-state index is 11.3. The van der Waals surface area contributed by atoms with Crippen LogP contribution in [0.5, 0.6) is 0 Å². The van der Waals surface area contributed by atoms with Gasteiger partial charge in [0.05, 0.1) is 0 Å². The Balaban J connectivity index is 2.32. The third-order valence-electron chi connectivity index (χ3n) is 1.88. The van der Waals surface area contributed by atoms with Crippen molar-refractivity contribution < 1.29 is 9.59 Å². The summed E-state index contributed by atoms with van der Waals surface area (Å²) in [6.45, 7) is 0.632. The van der Waals surface area contributed by atoms with Crippen LogP contribution in [0.3, 0.4) is 0 Å². The Morgan fingerprint density at radius 2 is 1.69 bits per heavy atom. The van der Waals surface area contributed by atoms with Gasteiger partial charge in [0.25, 0.3) is 0 Å². The lowest BCUT2D eigenvalue weighted by Crippen LogP contribution is -2.40. The summed E-state index contributed by atoms with van der Waals surface area (Å²) >= 11 is 5.38.